The van der Waals surface area contributed by atoms with Crippen LogP contribution in [0.5, 0.6) is 5.75 Å². The minimum absolute atomic E-state index is 0.192. The van der Waals surface area contributed by atoms with E-state index in [0.29, 0.717) is 11.8 Å². The summed E-state index contributed by atoms with van der Waals surface area (Å²) >= 11 is 0. The summed E-state index contributed by atoms with van der Waals surface area (Å²) in [5.74, 6) is 1.58. The SMILES string of the molecule is Cc1nccc2c(C)c(-c3ccc(OC4CCN(C(=O)C5CC5)CC4)cc3)ccc12. The summed E-state index contributed by atoms with van der Waals surface area (Å²) in [5, 5.41) is 2.47. The zero-order valence-electron chi connectivity index (χ0n) is 17.7. The first-order chi connectivity index (χ1) is 14.6. The van der Waals surface area contributed by atoms with Crippen LogP contribution in [0.1, 0.15) is 36.9 Å². The average molecular weight is 401 g/mol. The van der Waals surface area contributed by atoms with Crippen LogP contribution in [-0.2, 0) is 4.79 Å². The molecule has 0 N–H and O–H groups in total. The van der Waals surface area contributed by atoms with Crippen LogP contribution in [0.15, 0.2) is 48.7 Å². The summed E-state index contributed by atoms with van der Waals surface area (Å²) < 4.78 is 6.22. The third-order valence-corrected chi connectivity index (χ3v) is 6.56. The molecule has 1 aromatic heterocycles. The van der Waals surface area contributed by atoms with Crippen LogP contribution in [-0.4, -0.2) is 35.0 Å². The summed E-state index contributed by atoms with van der Waals surface area (Å²) in [7, 11) is 0. The Hall–Kier alpha value is -2.88. The molecule has 0 spiro atoms. The Balaban J connectivity index is 1.27. The normalized spacial score (nSPS) is 17.3. The van der Waals surface area contributed by atoms with Gasteiger partial charge in [0.25, 0.3) is 0 Å². The minimum atomic E-state index is 0.192. The number of fused-ring (bicyclic) bond motifs is 1. The van der Waals surface area contributed by atoms with Crippen LogP contribution < -0.4 is 4.74 Å². The fraction of sp³-hybridized carbons (Fsp3) is 0.385. The Morgan fingerprint density at radius 1 is 0.933 bits per heavy atom. The molecule has 0 bridgehead atoms. The maximum absolute atomic E-state index is 12.2. The first-order valence-electron chi connectivity index (χ1n) is 11.0. The van der Waals surface area contributed by atoms with E-state index in [1.165, 1.54) is 27.5 Å². The molecule has 3 aromatic rings. The molecular weight excluding hydrogens is 372 g/mol. The minimum Gasteiger partial charge on any atom is -0.490 e. The topological polar surface area (TPSA) is 42.4 Å². The van der Waals surface area contributed by atoms with Crippen molar-refractivity contribution in [2.45, 2.75) is 45.6 Å². The molecule has 2 aromatic carbocycles. The second-order valence-corrected chi connectivity index (χ2v) is 8.67. The number of amides is 1. The number of rotatable bonds is 4. The van der Waals surface area contributed by atoms with E-state index < -0.39 is 0 Å². The van der Waals surface area contributed by atoms with Crippen molar-refractivity contribution in [3.8, 4) is 16.9 Å². The third kappa shape index (κ3) is 3.67. The van der Waals surface area contributed by atoms with Gasteiger partial charge in [-0.05, 0) is 67.0 Å². The van der Waals surface area contributed by atoms with Crippen molar-refractivity contribution in [3.63, 3.8) is 0 Å². The number of piperidine rings is 1. The Morgan fingerprint density at radius 2 is 1.67 bits per heavy atom. The molecule has 2 heterocycles. The maximum atomic E-state index is 12.2. The number of likely N-dealkylation sites (tertiary alicyclic amines) is 1. The zero-order chi connectivity index (χ0) is 20.7. The molecule has 2 fully saturated rings. The molecule has 0 atom stereocenters. The molecule has 1 aliphatic carbocycles. The molecule has 2 aliphatic rings. The van der Waals surface area contributed by atoms with E-state index in [-0.39, 0.29) is 6.10 Å². The van der Waals surface area contributed by atoms with Gasteiger partial charge in [-0.25, -0.2) is 0 Å². The highest BCUT2D eigenvalue weighted by Gasteiger charge is 2.35. The molecule has 4 heteroatoms. The van der Waals surface area contributed by atoms with Gasteiger partial charge < -0.3 is 9.64 Å². The lowest BCUT2D eigenvalue weighted by Gasteiger charge is -2.32. The number of aromatic nitrogens is 1. The number of pyridine rings is 1. The van der Waals surface area contributed by atoms with E-state index in [0.717, 1.165) is 50.2 Å². The standard InChI is InChI=1S/C26H28N2O2/c1-17-23(9-10-25-18(2)27-14-11-24(17)25)19-5-7-21(8-6-19)30-22-12-15-28(16-13-22)26(29)20-3-4-20/h5-11,14,20,22H,3-4,12-13,15-16H2,1-2H3. The van der Waals surface area contributed by atoms with Crippen LogP contribution in [0.25, 0.3) is 21.9 Å². The molecule has 154 valence electrons. The van der Waals surface area contributed by atoms with Crippen LogP contribution in [0.4, 0.5) is 0 Å². The Kier molecular flexibility index (Phi) is 4.93. The molecule has 1 saturated carbocycles. The van der Waals surface area contributed by atoms with Gasteiger partial charge in [-0.3, -0.25) is 9.78 Å². The monoisotopic (exact) mass is 400 g/mol. The lowest BCUT2D eigenvalue weighted by Crippen LogP contribution is -2.42. The second-order valence-electron chi connectivity index (χ2n) is 8.67. The summed E-state index contributed by atoms with van der Waals surface area (Å²) in [6.45, 7) is 5.88. The number of aryl methyl sites for hydroxylation is 2. The van der Waals surface area contributed by atoms with Gasteiger partial charge in [0.2, 0.25) is 5.91 Å². The summed E-state index contributed by atoms with van der Waals surface area (Å²) in [6.07, 6.45) is 6.06. The first-order valence-corrected chi connectivity index (χ1v) is 11.0. The van der Waals surface area contributed by atoms with Crippen molar-refractivity contribution in [1.82, 2.24) is 9.88 Å². The van der Waals surface area contributed by atoms with Gasteiger partial charge in [-0.1, -0.05) is 24.3 Å². The molecule has 1 amide bonds. The summed E-state index contributed by atoms with van der Waals surface area (Å²) in [4.78, 5) is 18.6. The molecule has 30 heavy (non-hydrogen) atoms. The smallest absolute Gasteiger partial charge is 0.225 e. The number of benzene rings is 2. The van der Waals surface area contributed by atoms with Crippen LogP contribution in [0.2, 0.25) is 0 Å². The molecule has 1 aliphatic heterocycles. The fourth-order valence-electron chi connectivity index (χ4n) is 4.55. The van der Waals surface area contributed by atoms with Crippen LogP contribution in [0.3, 0.4) is 0 Å². The van der Waals surface area contributed by atoms with E-state index in [4.69, 9.17) is 4.74 Å². The molecule has 1 saturated heterocycles. The van der Waals surface area contributed by atoms with Crippen molar-refractivity contribution in [2.24, 2.45) is 5.92 Å². The number of hydrogen-bond donors (Lipinski definition) is 0. The predicted octanol–water partition coefficient (Wildman–Crippen LogP) is 5.30. The third-order valence-electron chi connectivity index (χ3n) is 6.56. The van der Waals surface area contributed by atoms with Gasteiger partial charge in [0.1, 0.15) is 11.9 Å². The molecule has 5 rings (SSSR count). The van der Waals surface area contributed by atoms with Crippen LogP contribution in [0, 0.1) is 19.8 Å². The number of carbonyl (C=O) groups excluding carboxylic acids is 1. The summed E-state index contributed by atoms with van der Waals surface area (Å²) in [6, 6.07) is 14.9. The van der Waals surface area contributed by atoms with Gasteiger partial charge in [0.15, 0.2) is 0 Å². The lowest BCUT2D eigenvalue weighted by atomic mass is 9.95. The molecule has 0 radical (unpaired) electrons. The van der Waals surface area contributed by atoms with E-state index in [1.54, 1.807) is 0 Å². The fourth-order valence-corrected chi connectivity index (χ4v) is 4.55. The Morgan fingerprint density at radius 3 is 2.37 bits per heavy atom. The first kappa shape index (κ1) is 19.1. The largest absolute Gasteiger partial charge is 0.490 e. The van der Waals surface area contributed by atoms with E-state index >= 15 is 0 Å². The average Bonchev–Trinajstić information content (AvgIpc) is 3.61. The van der Waals surface area contributed by atoms with Gasteiger partial charge >= 0.3 is 0 Å². The highest BCUT2D eigenvalue weighted by molar-refractivity contribution is 5.92. The van der Waals surface area contributed by atoms with Crippen molar-refractivity contribution in [1.29, 1.82) is 0 Å². The number of carbonyl (C=O) groups is 1. The van der Waals surface area contributed by atoms with E-state index in [2.05, 4.69) is 61.3 Å². The molecule has 4 nitrogen and oxygen atoms in total. The van der Waals surface area contributed by atoms with Gasteiger partial charge in [0.05, 0.1) is 0 Å². The molecule has 0 unspecified atom stereocenters. The zero-order valence-corrected chi connectivity index (χ0v) is 17.7. The summed E-state index contributed by atoms with van der Waals surface area (Å²) in [5.41, 5.74) is 4.78. The van der Waals surface area contributed by atoms with Crippen molar-refractivity contribution in [2.75, 3.05) is 13.1 Å². The Bertz CT molecular complexity index is 1080. The van der Waals surface area contributed by atoms with E-state index in [9.17, 15) is 4.79 Å². The van der Waals surface area contributed by atoms with Gasteiger partial charge in [-0.15, -0.1) is 0 Å². The molecular formula is C26H28N2O2. The lowest BCUT2D eigenvalue weighted by molar-refractivity contribution is -0.134. The highest BCUT2D eigenvalue weighted by Crippen LogP contribution is 2.33. The number of nitrogens with zero attached hydrogens (tertiary/aromatic N) is 2. The number of hydrogen-bond acceptors (Lipinski definition) is 3. The van der Waals surface area contributed by atoms with E-state index in [1.807, 2.05) is 11.1 Å². The van der Waals surface area contributed by atoms with Gasteiger partial charge in [-0.2, -0.15) is 0 Å². The predicted molar refractivity (Wildman–Crippen MR) is 120 cm³/mol. The van der Waals surface area contributed by atoms with Crippen LogP contribution >= 0.6 is 0 Å². The van der Waals surface area contributed by atoms with Crippen molar-refractivity contribution >= 4 is 16.7 Å². The second kappa shape index (κ2) is 7.75. The van der Waals surface area contributed by atoms with Crippen molar-refractivity contribution in [3.05, 3.63) is 59.9 Å². The van der Waals surface area contributed by atoms with Gasteiger partial charge in [0, 0.05) is 49.1 Å². The van der Waals surface area contributed by atoms with Crippen molar-refractivity contribution < 1.29 is 9.53 Å². The maximum Gasteiger partial charge on any atom is 0.225 e. The quantitative estimate of drug-likeness (QED) is 0.597. The Labute approximate surface area is 177 Å². The highest BCUT2D eigenvalue weighted by atomic mass is 16.5. The number of ether oxygens (including phenoxy) is 1.